The molecule has 1 aliphatic heterocycles. The Morgan fingerprint density at radius 2 is 2.00 bits per heavy atom. The molecular weight excluding hydrogens is 328 g/mol. The molecule has 2 heterocycles. The molecule has 1 saturated carbocycles. The molecule has 1 aromatic carbocycles. The van der Waals surface area contributed by atoms with Crippen molar-refractivity contribution in [2.75, 3.05) is 26.3 Å². The zero-order valence-electron chi connectivity index (χ0n) is 15.4. The van der Waals surface area contributed by atoms with E-state index in [9.17, 15) is 4.79 Å². The topological polar surface area (TPSA) is 60.3 Å². The van der Waals surface area contributed by atoms with Crippen LogP contribution in [0.3, 0.4) is 0 Å². The highest BCUT2D eigenvalue weighted by atomic mass is 16.5. The number of carbonyl (C=O) groups is 1. The first kappa shape index (κ1) is 17.2. The fourth-order valence-electron chi connectivity index (χ4n) is 4.23. The number of nitrogens with zero attached hydrogens (tertiary/aromatic N) is 4. The van der Waals surface area contributed by atoms with Crippen molar-refractivity contribution in [3.8, 4) is 5.69 Å². The largest absolute Gasteiger partial charge is 0.379 e. The van der Waals surface area contributed by atoms with Gasteiger partial charge in [0.1, 0.15) is 0 Å². The molecule has 1 saturated heterocycles. The van der Waals surface area contributed by atoms with E-state index in [2.05, 4.69) is 10.3 Å². The zero-order chi connectivity index (χ0) is 18.0. The summed E-state index contributed by atoms with van der Waals surface area (Å²) in [7, 11) is 0. The maximum absolute atomic E-state index is 13.0. The second-order valence-electron chi connectivity index (χ2n) is 7.62. The molecule has 0 atom stereocenters. The summed E-state index contributed by atoms with van der Waals surface area (Å²) in [6.07, 6.45) is 5.13. The Kier molecular flexibility index (Phi) is 4.76. The van der Waals surface area contributed by atoms with Crippen molar-refractivity contribution in [1.82, 2.24) is 19.9 Å². The van der Waals surface area contributed by atoms with Crippen molar-refractivity contribution < 1.29 is 9.53 Å². The van der Waals surface area contributed by atoms with Crippen molar-refractivity contribution in [1.29, 1.82) is 0 Å². The van der Waals surface area contributed by atoms with E-state index in [-0.39, 0.29) is 11.3 Å². The molecule has 6 nitrogen and oxygen atoms in total. The van der Waals surface area contributed by atoms with Gasteiger partial charge in [0.05, 0.1) is 36.7 Å². The van der Waals surface area contributed by atoms with Gasteiger partial charge in [-0.2, -0.15) is 0 Å². The third-order valence-electron chi connectivity index (χ3n) is 5.77. The maximum Gasteiger partial charge on any atom is 0.228 e. The fourth-order valence-corrected chi connectivity index (χ4v) is 4.23. The lowest BCUT2D eigenvalue weighted by molar-refractivity contribution is -0.131. The van der Waals surface area contributed by atoms with E-state index >= 15 is 0 Å². The molecule has 138 valence electrons. The van der Waals surface area contributed by atoms with E-state index < -0.39 is 0 Å². The number of hydrogen-bond donors (Lipinski definition) is 0. The van der Waals surface area contributed by atoms with Gasteiger partial charge in [-0.1, -0.05) is 36.3 Å². The van der Waals surface area contributed by atoms with Crippen molar-refractivity contribution >= 4 is 5.91 Å². The number of carbonyl (C=O) groups excluding carboxylic acids is 1. The molecule has 1 spiro atoms. The first-order valence-corrected chi connectivity index (χ1v) is 9.49. The third-order valence-corrected chi connectivity index (χ3v) is 5.77. The van der Waals surface area contributed by atoms with Crippen molar-refractivity contribution in [3.63, 3.8) is 0 Å². The first-order chi connectivity index (χ1) is 12.7. The smallest absolute Gasteiger partial charge is 0.228 e. The molecule has 1 amide bonds. The van der Waals surface area contributed by atoms with Gasteiger partial charge in [0.2, 0.25) is 5.91 Å². The van der Waals surface area contributed by atoms with Gasteiger partial charge in [-0.3, -0.25) is 4.79 Å². The van der Waals surface area contributed by atoms with Gasteiger partial charge in [0.15, 0.2) is 0 Å². The minimum Gasteiger partial charge on any atom is -0.379 e. The molecule has 26 heavy (non-hydrogen) atoms. The summed E-state index contributed by atoms with van der Waals surface area (Å²) in [6.45, 7) is 4.88. The first-order valence-electron chi connectivity index (χ1n) is 9.49. The summed E-state index contributed by atoms with van der Waals surface area (Å²) in [4.78, 5) is 14.9. The summed E-state index contributed by atoms with van der Waals surface area (Å²) < 4.78 is 7.62. The Balaban J connectivity index is 1.48. The monoisotopic (exact) mass is 354 g/mol. The van der Waals surface area contributed by atoms with Gasteiger partial charge < -0.3 is 9.64 Å². The number of amides is 1. The minimum atomic E-state index is 0.130. The van der Waals surface area contributed by atoms with Crippen molar-refractivity contribution in [3.05, 3.63) is 41.7 Å². The van der Waals surface area contributed by atoms with E-state index in [1.807, 2.05) is 42.2 Å². The molecule has 2 aliphatic rings. The average molecular weight is 354 g/mol. The molecular formula is C20H26N4O2. The van der Waals surface area contributed by atoms with Crippen LogP contribution in [0, 0.1) is 12.3 Å². The van der Waals surface area contributed by atoms with Crippen LogP contribution in [-0.2, 0) is 16.0 Å². The number of para-hydroxylation sites is 1. The molecule has 1 aromatic heterocycles. The summed E-state index contributed by atoms with van der Waals surface area (Å²) in [5.41, 5.74) is 2.81. The molecule has 4 rings (SSSR count). The molecule has 2 aromatic rings. The number of aromatic nitrogens is 3. The lowest BCUT2D eigenvalue weighted by Gasteiger charge is -2.31. The standard InChI is InChI=1S/C20H26N4O2/c1-16-18(21-22-24(16)17-7-3-2-4-8-17)13-19(25)23-11-12-26-15-20(14-23)9-5-6-10-20/h2-4,7-8H,5-6,9-15H2,1H3. The SMILES string of the molecule is Cc1c(CC(=O)N2CCOCC3(CCCC3)C2)nnn1-c1ccccc1. The summed E-state index contributed by atoms with van der Waals surface area (Å²) in [5, 5.41) is 8.52. The van der Waals surface area contributed by atoms with Crippen LogP contribution in [0.15, 0.2) is 30.3 Å². The van der Waals surface area contributed by atoms with Crippen LogP contribution in [0.1, 0.15) is 37.1 Å². The van der Waals surface area contributed by atoms with Crippen LogP contribution in [0.25, 0.3) is 5.69 Å². The van der Waals surface area contributed by atoms with E-state index in [1.54, 1.807) is 4.68 Å². The number of hydrogen-bond acceptors (Lipinski definition) is 4. The Morgan fingerprint density at radius 1 is 1.23 bits per heavy atom. The highest BCUT2D eigenvalue weighted by molar-refractivity contribution is 5.78. The second kappa shape index (κ2) is 7.19. The average Bonchev–Trinajstić information content (AvgIpc) is 3.19. The Morgan fingerprint density at radius 3 is 2.77 bits per heavy atom. The Bertz CT molecular complexity index is 765. The van der Waals surface area contributed by atoms with E-state index in [0.29, 0.717) is 19.6 Å². The number of benzene rings is 1. The Hall–Kier alpha value is -2.21. The van der Waals surface area contributed by atoms with Crippen molar-refractivity contribution in [2.24, 2.45) is 5.41 Å². The third kappa shape index (κ3) is 3.38. The predicted octanol–water partition coefficient (Wildman–Crippen LogP) is 2.54. The molecule has 6 heteroatoms. The fraction of sp³-hybridized carbons (Fsp3) is 0.550. The zero-order valence-corrected chi connectivity index (χ0v) is 15.4. The summed E-state index contributed by atoms with van der Waals surface area (Å²) in [5.74, 6) is 0.130. The molecule has 0 radical (unpaired) electrons. The number of rotatable bonds is 3. The molecule has 0 bridgehead atoms. The molecule has 0 unspecified atom stereocenters. The van der Waals surface area contributed by atoms with Crippen LogP contribution in [0.4, 0.5) is 0 Å². The van der Waals surface area contributed by atoms with Gasteiger partial charge in [0.25, 0.3) is 0 Å². The lowest BCUT2D eigenvalue weighted by atomic mass is 9.86. The Labute approximate surface area is 154 Å². The highest BCUT2D eigenvalue weighted by Crippen LogP contribution is 2.40. The van der Waals surface area contributed by atoms with E-state index in [0.717, 1.165) is 30.2 Å². The number of ether oxygens (including phenoxy) is 1. The highest BCUT2D eigenvalue weighted by Gasteiger charge is 2.38. The molecule has 1 aliphatic carbocycles. The van der Waals surface area contributed by atoms with Gasteiger partial charge in [-0.05, 0) is 31.9 Å². The quantitative estimate of drug-likeness (QED) is 0.850. The maximum atomic E-state index is 13.0. The van der Waals surface area contributed by atoms with Gasteiger partial charge in [0, 0.05) is 18.5 Å². The van der Waals surface area contributed by atoms with Crippen LogP contribution < -0.4 is 0 Å². The lowest BCUT2D eigenvalue weighted by Crippen LogP contribution is -2.41. The van der Waals surface area contributed by atoms with Crippen molar-refractivity contribution in [2.45, 2.75) is 39.0 Å². The van der Waals surface area contributed by atoms with Gasteiger partial charge >= 0.3 is 0 Å². The normalized spacial score (nSPS) is 19.7. The molecule has 0 N–H and O–H groups in total. The van der Waals surface area contributed by atoms with E-state index in [1.165, 1.54) is 25.7 Å². The van der Waals surface area contributed by atoms with E-state index in [4.69, 9.17) is 4.74 Å². The van der Waals surface area contributed by atoms with Crippen LogP contribution >= 0.6 is 0 Å². The second-order valence-corrected chi connectivity index (χ2v) is 7.62. The van der Waals surface area contributed by atoms with Crippen LogP contribution in [-0.4, -0.2) is 52.1 Å². The van der Waals surface area contributed by atoms with Crippen LogP contribution in [0.2, 0.25) is 0 Å². The van der Waals surface area contributed by atoms with Gasteiger partial charge in [-0.15, -0.1) is 5.10 Å². The summed E-state index contributed by atoms with van der Waals surface area (Å²) in [6, 6.07) is 9.89. The van der Waals surface area contributed by atoms with Crippen LogP contribution in [0.5, 0.6) is 0 Å². The summed E-state index contributed by atoms with van der Waals surface area (Å²) >= 11 is 0. The van der Waals surface area contributed by atoms with Gasteiger partial charge in [-0.25, -0.2) is 4.68 Å². The predicted molar refractivity (Wildman–Crippen MR) is 98.1 cm³/mol. The molecule has 2 fully saturated rings. The minimum absolute atomic E-state index is 0.130.